The van der Waals surface area contributed by atoms with Crippen LogP contribution in [0, 0.1) is 6.92 Å². The lowest BCUT2D eigenvalue weighted by Gasteiger charge is -2.23. The second kappa shape index (κ2) is 8.31. The number of aromatic nitrogens is 2. The molecule has 0 saturated carbocycles. The smallest absolute Gasteiger partial charge is 0.119 e. The first-order valence-corrected chi connectivity index (χ1v) is 8.71. The molecule has 0 amide bonds. The van der Waals surface area contributed by atoms with Crippen LogP contribution in [0.1, 0.15) is 35.8 Å². The van der Waals surface area contributed by atoms with Crippen molar-refractivity contribution in [2.45, 2.75) is 38.8 Å². The molecule has 0 unspecified atom stereocenters. The summed E-state index contributed by atoms with van der Waals surface area (Å²) >= 11 is 0. The fourth-order valence-corrected chi connectivity index (χ4v) is 3.28. The van der Waals surface area contributed by atoms with Gasteiger partial charge in [-0.1, -0.05) is 12.1 Å². The molecule has 0 fully saturated rings. The average Bonchev–Trinajstić information content (AvgIpc) is 2.97. The minimum atomic E-state index is 0.508. The van der Waals surface area contributed by atoms with Crippen molar-refractivity contribution in [2.24, 2.45) is 0 Å². The van der Waals surface area contributed by atoms with Crippen molar-refractivity contribution in [3.05, 3.63) is 47.5 Å². The molecule has 2 aromatic rings. The molecule has 1 aliphatic rings. The van der Waals surface area contributed by atoms with Crippen molar-refractivity contribution in [3.63, 3.8) is 0 Å². The molecule has 0 aliphatic carbocycles. The van der Waals surface area contributed by atoms with Gasteiger partial charge >= 0.3 is 0 Å². The molecule has 5 nitrogen and oxygen atoms in total. The quantitative estimate of drug-likeness (QED) is 0.757. The van der Waals surface area contributed by atoms with Crippen LogP contribution in [0.15, 0.2) is 30.5 Å². The Labute approximate surface area is 144 Å². The number of aryl methyl sites for hydroxylation is 2. The fourth-order valence-electron chi connectivity index (χ4n) is 3.28. The molecule has 3 rings (SSSR count). The molecule has 0 spiro atoms. The van der Waals surface area contributed by atoms with Crippen molar-refractivity contribution < 1.29 is 9.47 Å². The Morgan fingerprint density at radius 1 is 1.33 bits per heavy atom. The molecule has 1 aromatic heterocycles. The lowest BCUT2D eigenvalue weighted by atomic mass is 9.99. The molecular formula is C19H27N3O2. The van der Waals surface area contributed by atoms with Gasteiger partial charge in [-0.3, -0.25) is 0 Å². The number of imidazole rings is 1. The van der Waals surface area contributed by atoms with Crippen LogP contribution in [0.3, 0.4) is 0 Å². The van der Waals surface area contributed by atoms with Gasteiger partial charge in [0.2, 0.25) is 0 Å². The maximum Gasteiger partial charge on any atom is 0.119 e. The number of benzene rings is 1. The Balaban J connectivity index is 1.51. The summed E-state index contributed by atoms with van der Waals surface area (Å²) in [5, 5.41) is 3.58. The van der Waals surface area contributed by atoms with E-state index in [-0.39, 0.29) is 0 Å². The highest BCUT2D eigenvalue weighted by molar-refractivity contribution is 5.28. The predicted octanol–water partition coefficient (Wildman–Crippen LogP) is 2.88. The number of nitrogens with zero attached hydrogens (tertiary/aromatic N) is 2. The molecule has 0 radical (unpaired) electrons. The van der Waals surface area contributed by atoms with Gasteiger partial charge in [-0.05, 0) is 37.5 Å². The molecule has 1 N–H and O–H groups in total. The van der Waals surface area contributed by atoms with E-state index in [4.69, 9.17) is 14.5 Å². The van der Waals surface area contributed by atoms with Crippen molar-refractivity contribution in [1.82, 2.24) is 14.9 Å². The average molecular weight is 329 g/mol. The summed E-state index contributed by atoms with van der Waals surface area (Å²) in [6, 6.07) is 8.24. The first-order valence-electron chi connectivity index (χ1n) is 8.71. The maximum absolute atomic E-state index is 5.67. The van der Waals surface area contributed by atoms with E-state index in [0.717, 1.165) is 31.1 Å². The highest BCUT2D eigenvalue weighted by Gasteiger charge is 2.21. The minimum absolute atomic E-state index is 0.508. The van der Waals surface area contributed by atoms with Gasteiger partial charge in [0.05, 0.1) is 12.3 Å². The minimum Gasteiger partial charge on any atom is -0.491 e. The van der Waals surface area contributed by atoms with E-state index in [1.807, 2.05) is 12.1 Å². The molecule has 1 aromatic carbocycles. The van der Waals surface area contributed by atoms with Crippen molar-refractivity contribution >= 4 is 0 Å². The normalized spacial score (nSPS) is 16.8. The lowest BCUT2D eigenvalue weighted by Crippen LogP contribution is -2.26. The van der Waals surface area contributed by atoms with E-state index in [1.54, 1.807) is 7.11 Å². The largest absolute Gasteiger partial charge is 0.491 e. The fraction of sp³-hybridized carbons (Fsp3) is 0.526. The van der Waals surface area contributed by atoms with Crippen molar-refractivity contribution in [1.29, 1.82) is 0 Å². The molecule has 0 saturated heterocycles. The predicted molar refractivity (Wildman–Crippen MR) is 94.5 cm³/mol. The van der Waals surface area contributed by atoms with Gasteiger partial charge < -0.3 is 19.4 Å². The van der Waals surface area contributed by atoms with E-state index >= 15 is 0 Å². The summed E-state index contributed by atoms with van der Waals surface area (Å²) in [4.78, 5) is 4.71. The highest BCUT2D eigenvalue weighted by Crippen LogP contribution is 2.26. The van der Waals surface area contributed by atoms with Gasteiger partial charge in [-0.25, -0.2) is 4.98 Å². The number of hydrogen-bond acceptors (Lipinski definition) is 4. The maximum atomic E-state index is 5.67. The van der Waals surface area contributed by atoms with Crippen LogP contribution in [0.4, 0.5) is 0 Å². The van der Waals surface area contributed by atoms with Crippen LogP contribution in [0.25, 0.3) is 0 Å². The first kappa shape index (κ1) is 17.0. The summed E-state index contributed by atoms with van der Waals surface area (Å²) < 4.78 is 13.0. The number of fused-ring (bicyclic) bond motifs is 1. The van der Waals surface area contributed by atoms with Crippen LogP contribution in [0.2, 0.25) is 0 Å². The van der Waals surface area contributed by atoms with Crippen LogP contribution in [0.5, 0.6) is 5.75 Å². The van der Waals surface area contributed by atoms with Gasteiger partial charge in [-0.15, -0.1) is 0 Å². The molecule has 1 aliphatic heterocycles. The molecular weight excluding hydrogens is 302 g/mol. The van der Waals surface area contributed by atoms with Gasteiger partial charge in [-0.2, -0.15) is 0 Å². The third-order valence-electron chi connectivity index (χ3n) is 4.42. The summed E-state index contributed by atoms with van der Waals surface area (Å²) in [5.41, 5.74) is 2.36. The number of rotatable bonds is 8. The Kier molecular flexibility index (Phi) is 5.88. The Morgan fingerprint density at radius 3 is 3.12 bits per heavy atom. The zero-order valence-corrected chi connectivity index (χ0v) is 14.6. The van der Waals surface area contributed by atoms with Gasteiger partial charge in [0.1, 0.15) is 18.2 Å². The van der Waals surface area contributed by atoms with E-state index in [2.05, 4.69) is 35.1 Å². The second-order valence-corrected chi connectivity index (χ2v) is 6.39. The zero-order chi connectivity index (χ0) is 16.8. The van der Waals surface area contributed by atoms with Crippen molar-refractivity contribution in [3.8, 4) is 5.75 Å². The zero-order valence-electron chi connectivity index (χ0n) is 14.6. The number of nitrogens with one attached hydrogen (secondary N) is 1. The van der Waals surface area contributed by atoms with Crippen molar-refractivity contribution in [2.75, 3.05) is 26.9 Å². The first-order chi connectivity index (χ1) is 11.8. The van der Waals surface area contributed by atoms with Crippen LogP contribution in [-0.4, -0.2) is 36.4 Å². The lowest BCUT2D eigenvalue weighted by molar-refractivity contribution is 0.146. The second-order valence-electron chi connectivity index (χ2n) is 6.39. The Hall–Kier alpha value is -1.85. The van der Waals surface area contributed by atoms with Crippen LogP contribution in [-0.2, 0) is 17.8 Å². The Bertz CT molecular complexity index is 654. The molecule has 0 bridgehead atoms. The molecule has 2 heterocycles. The SMILES string of the molecule is COCCOc1cccc(CNC[C@H]2CCCn3cc(C)nc32)c1. The standard InChI is InChI=1S/C19H27N3O2/c1-15-14-22-8-4-6-17(19(22)21-15)13-20-12-16-5-3-7-18(11-16)24-10-9-23-2/h3,5,7,11,14,17,20H,4,6,8-10,12-13H2,1-2H3/t17-/m1/s1. The van der Waals surface area contributed by atoms with Gasteiger partial charge in [0.25, 0.3) is 0 Å². The number of methoxy groups -OCH3 is 1. The topological polar surface area (TPSA) is 48.3 Å². The van der Waals surface area contributed by atoms with E-state index < -0.39 is 0 Å². The molecule has 24 heavy (non-hydrogen) atoms. The van der Waals surface area contributed by atoms with E-state index in [9.17, 15) is 0 Å². The third-order valence-corrected chi connectivity index (χ3v) is 4.42. The monoisotopic (exact) mass is 329 g/mol. The summed E-state index contributed by atoms with van der Waals surface area (Å²) in [7, 11) is 1.68. The van der Waals surface area contributed by atoms with Gasteiger partial charge in [0.15, 0.2) is 0 Å². The van der Waals surface area contributed by atoms with Gasteiger partial charge in [0, 0.05) is 38.9 Å². The molecule has 5 heteroatoms. The molecule has 130 valence electrons. The number of ether oxygens (including phenoxy) is 2. The Morgan fingerprint density at radius 2 is 2.25 bits per heavy atom. The summed E-state index contributed by atoms with van der Waals surface area (Å²) in [5.74, 6) is 2.65. The van der Waals surface area contributed by atoms with Crippen LogP contribution >= 0.6 is 0 Å². The summed E-state index contributed by atoms with van der Waals surface area (Å²) in [6.07, 6.45) is 4.61. The van der Waals surface area contributed by atoms with E-state index in [1.165, 1.54) is 24.2 Å². The highest BCUT2D eigenvalue weighted by atomic mass is 16.5. The van der Waals surface area contributed by atoms with E-state index in [0.29, 0.717) is 19.1 Å². The summed E-state index contributed by atoms with van der Waals surface area (Å²) in [6.45, 7) is 6.18. The molecule has 1 atom stereocenters. The van der Waals surface area contributed by atoms with Crippen LogP contribution < -0.4 is 10.1 Å². The number of hydrogen-bond donors (Lipinski definition) is 1. The third kappa shape index (κ3) is 4.36.